The molecule has 1 unspecified atom stereocenters. The van der Waals surface area contributed by atoms with Crippen LogP contribution in [0.15, 0.2) is 0 Å². The zero-order valence-corrected chi connectivity index (χ0v) is 9.47. The van der Waals surface area contributed by atoms with Crippen molar-refractivity contribution in [2.75, 3.05) is 6.54 Å². The van der Waals surface area contributed by atoms with Crippen molar-refractivity contribution in [2.45, 2.75) is 49.9 Å². The molecule has 1 atom stereocenters. The lowest BCUT2D eigenvalue weighted by molar-refractivity contribution is -0.207. The lowest BCUT2D eigenvalue weighted by atomic mass is 9.97. The van der Waals surface area contributed by atoms with Crippen LogP contribution in [0.25, 0.3) is 0 Å². The molecule has 100 valence electrons. The van der Waals surface area contributed by atoms with Crippen molar-refractivity contribution in [2.24, 2.45) is 0 Å². The fourth-order valence-corrected chi connectivity index (χ4v) is 1.85. The Balaban J connectivity index is 2.72. The highest BCUT2D eigenvalue weighted by molar-refractivity contribution is 5.79. The van der Waals surface area contributed by atoms with E-state index in [2.05, 4.69) is 0 Å². The first-order chi connectivity index (χ1) is 7.61. The molecule has 1 aliphatic rings. The van der Waals surface area contributed by atoms with Gasteiger partial charge in [-0.1, -0.05) is 12.8 Å². The SMILES string of the molecule is CC(NCC1(O)CCCC1)(C(=O)O)C(F)(F)F. The fourth-order valence-electron chi connectivity index (χ4n) is 1.85. The van der Waals surface area contributed by atoms with E-state index in [9.17, 15) is 23.1 Å². The Morgan fingerprint density at radius 2 is 1.82 bits per heavy atom. The maximum atomic E-state index is 12.6. The van der Waals surface area contributed by atoms with E-state index in [1.807, 2.05) is 5.32 Å². The number of rotatable bonds is 4. The third-order valence-corrected chi connectivity index (χ3v) is 3.30. The number of aliphatic hydroxyl groups is 1. The second kappa shape index (κ2) is 4.45. The highest BCUT2D eigenvalue weighted by Gasteiger charge is 2.57. The monoisotopic (exact) mass is 255 g/mol. The molecule has 0 aliphatic heterocycles. The molecule has 0 aromatic carbocycles. The number of carboxylic acid groups (broad SMARTS) is 1. The van der Waals surface area contributed by atoms with Gasteiger partial charge in [0.25, 0.3) is 0 Å². The van der Waals surface area contributed by atoms with Crippen LogP contribution in [0, 0.1) is 0 Å². The number of carbonyl (C=O) groups is 1. The van der Waals surface area contributed by atoms with Gasteiger partial charge in [-0.15, -0.1) is 0 Å². The largest absolute Gasteiger partial charge is 0.480 e. The molecule has 3 N–H and O–H groups in total. The Hall–Kier alpha value is -0.820. The van der Waals surface area contributed by atoms with Crippen LogP contribution in [0.1, 0.15) is 32.6 Å². The van der Waals surface area contributed by atoms with Gasteiger partial charge in [0.1, 0.15) is 0 Å². The third kappa shape index (κ3) is 2.90. The van der Waals surface area contributed by atoms with E-state index in [0.717, 1.165) is 12.8 Å². The van der Waals surface area contributed by atoms with Crippen molar-refractivity contribution in [3.05, 3.63) is 0 Å². The molecule has 0 radical (unpaired) electrons. The van der Waals surface area contributed by atoms with Gasteiger partial charge >= 0.3 is 12.1 Å². The summed E-state index contributed by atoms with van der Waals surface area (Å²) in [7, 11) is 0. The minimum absolute atomic E-state index is 0.366. The minimum Gasteiger partial charge on any atom is -0.480 e. The molecule has 1 fully saturated rings. The number of carboxylic acids is 1. The van der Waals surface area contributed by atoms with Crippen molar-refractivity contribution < 1.29 is 28.2 Å². The van der Waals surface area contributed by atoms with Crippen molar-refractivity contribution in [3.63, 3.8) is 0 Å². The van der Waals surface area contributed by atoms with Gasteiger partial charge in [-0.25, -0.2) is 4.79 Å². The number of halogens is 3. The molecule has 4 nitrogen and oxygen atoms in total. The summed E-state index contributed by atoms with van der Waals surface area (Å²) < 4.78 is 37.9. The van der Waals surface area contributed by atoms with E-state index in [1.54, 1.807) is 0 Å². The van der Waals surface area contributed by atoms with E-state index in [-0.39, 0.29) is 6.54 Å². The van der Waals surface area contributed by atoms with Crippen LogP contribution in [0.5, 0.6) is 0 Å². The quantitative estimate of drug-likeness (QED) is 0.708. The lowest BCUT2D eigenvalue weighted by Gasteiger charge is -2.32. The van der Waals surface area contributed by atoms with Crippen LogP contribution in [0.3, 0.4) is 0 Å². The van der Waals surface area contributed by atoms with Crippen LogP contribution in [-0.2, 0) is 4.79 Å². The molecule has 17 heavy (non-hydrogen) atoms. The van der Waals surface area contributed by atoms with E-state index >= 15 is 0 Å². The Morgan fingerprint density at radius 3 is 2.18 bits per heavy atom. The number of aliphatic carboxylic acids is 1. The summed E-state index contributed by atoms with van der Waals surface area (Å²) in [5.41, 5.74) is -4.24. The Kier molecular flexibility index (Phi) is 3.73. The molecule has 0 bridgehead atoms. The highest BCUT2D eigenvalue weighted by Crippen LogP contribution is 2.33. The number of alkyl halides is 3. The average Bonchev–Trinajstić information content (AvgIpc) is 2.60. The van der Waals surface area contributed by atoms with Gasteiger partial charge < -0.3 is 10.2 Å². The summed E-state index contributed by atoms with van der Waals surface area (Å²) in [6.45, 7) is 0.197. The first kappa shape index (κ1) is 14.2. The molecule has 0 saturated heterocycles. The van der Waals surface area contributed by atoms with Gasteiger partial charge in [-0.3, -0.25) is 5.32 Å². The van der Waals surface area contributed by atoms with Crippen LogP contribution >= 0.6 is 0 Å². The van der Waals surface area contributed by atoms with Crippen LogP contribution in [0.4, 0.5) is 13.2 Å². The van der Waals surface area contributed by atoms with E-state index in [1.165, 1.54) is 0 Å². The minimum atomic E-state index is -4.91. The fraction of sp³-hybridized carbons (Fsp3) is 0.900. The maximum Gasteiger partial charge on any atom is 0.417 e. The van der Waals surface area contributed by atoms with E-state index in [4.69, 9.17) is 5.11 Å². The van der Waals surface area contributed by atoms with Crippen molar-refractivity contribution >= 4 is 5.97 Å². The summed E-state index contributed by atoms with van der Waals surface area (Å²) in [5, 5.41) is 20.5. The van der Waals surface area contributed by atoms with Crippen molar-refractivity contribution in [1.82, 2.24) is 5.32 Å². The smallest absolute Gasteiger partial charge is 0.417 e. The second-order valence-corrected chi connectivity index (χ2v) is 4.71. The predicted molar refractivity (Wildman–Crippen MR) is 53.5 cm³/mol. The first-order valence-corrected chi connectivity index (χ1v) is 5.38. The van der Waals surface area contributed by atoms with Crippen LogP contribution in [-0.4, -0.2) is 40.0 Å². The molecule has 0 aromatic rings. The van der Waals surface area contributed by atoms with Gasteiger partial charge in [0.15, 0.2) is 0 Å². The predicted octanol–water partition coefficient (Wildman–Crippen LogP) is 1.29. The van der Waals surface area contributed by atoms with Crippen molar-refractivity contribution in [3.8, 4) is 0 Å². The number of hydrogen-bond donors (Lipinski definition) is 3. The Labute approximate surface area is 96.8 Å². The molecule has 7 heteroatoms. The summed E-state index contributed by atoms with van der Waals surface area (Å²) in [4.78, 5) is 10.7. The molecular formula is C10H16F3NO3. The van der Waals surface area contributed by atoms with Crippen LogP contribution in [0.2, 0.25) is 0 Å². The van der Waals surface area contributed by atoms with E-state index in [0.29, 0.717) is 19.8 Å². The average molecular weight is 255 g/mol. The molecule has 0 spiro atoms. The second-order valence-electron chi connectivity index (χ2n) is 4.71. The molecular weight excluding hydrogens is 239 g/mol. The van der Waals surface area contributed by atoms with Crippen LogP contribution < -0.4 is 5.32 Å². The first-order valence-electron chi connectivity index (χ1n) is 5.38. The molecule has 0 heterocycles. The Bertz CT molecular complexity index is 300. The van der Waals surface area contributed by atoms with Gasteiger partial charge in [0.05, 0.1) is 5.60 Å². The third-order valence-electron chi connectivity index (χ3n) is 3.30. The molecule has 0 aromatic heterocycles. The van der Waals surface area contributed by atoms with Gasteiger partial charge in [-0.2, -0.15) is 13.2 Å². The standard InChI is InChI=1S/C10H16F3NO3/c1-8(7(15)16,10(11,12)13)14-6-9(17)4-2-3-5-9/h14,17H,2-6H2,1H3,(H,15,16). The maximum absolute atomic E-state index is 12.6. The molecule has 1 saturated carbocycles. The number of β-amino-alcohol motifs (C(OH)–C–C–N with tert-alkyl or cyclic N) is 1. The Morgan fingerprint density at radius 1 is 1.35 bits per heavy atom. The summed E-state index contributed by atoms with van der Waals surface area (Å²) >= 11 is 0. The summed E-state index contributed by atoms with van der Waals surface area (Å²) in [5.74, 6) is -1.99. The summed E-state index contributed by atoms with van der Waals surface area (Å²) in [6.07, 6.45) is -2.63. The number of hydrogen-bond acceptors (Lipinski definition) is 3. The summed E-state index contributed by atoms with van der Waals surface area (Å²) in [6, 6.07) is 0. The topological polar surface area (TPSA) is 69.6 Å². The van der Waals surface area contributed by atoms with Gasteiger partial charge in [0.2, 0.25) is 5.54 Å². The van der Waals surface area contributed by atoms with E-state index < -0.39 is 23.3 Å². The highest BCUT2D eigenvalue weighted by atomic mass is 19.4. The number of nitrogens with one attached hydrogen (secondary N) is 1. The zero-order chi connectivity index (χ0) is 13.3. The van der Waals surface area contributed by atoms with Crippen molar-refractivity contribution in [1.29, 1.82) is 0 Å². The molecule has 1 aliphatic carbocycles. The molecule has 0 amide bonds. The van der Waals surface area contributed by atoms with Gasteiger partial charge in [-0.05, 0) is 19.8 Å². The van der Waals surface area contributed by atoms with Gasteiger partial charge in [0, 0.05) is 6.54 Å². The lowest BCUT2D eigenvalue weighted by Crippen LogP contribution is -2.62. The zero-order valence-electron chi connectivity index (χ0n) is 9.47. The normalized spacial score (nSPS) is 23.4. The molecule has 1 rings (SSSR count).